The van der Waals surface area contributed by atoms with Crippen molar-refractivity contribution in [3.8, 4) is 0 Å². The van der Waals surface area contributed by atoms with Gasteiger partial charge in [0.2, 0.25) is 5.95 Å². The SMILES string of the molecule is CCCCOC(=O)C1=C(C)Nc2nnnn2[C@@H]1c1c(F)cccc1Cl. The molecular weight excluding hydrogens is 349 g/mol. The number of nitrogens with one attached hydrogen (secondary N) is 1. The highest BCUT2D eigenvalue weighted by Crippen LogP contribution is 2.39. The Morgan fingerprint density at radius 3 is 3.00 bits per heavy atom. The molecule has 2 heterocycles. The number of carbonyl (C=O) groups excluding carboxylic acids is 1. The summed E-state index contributed by atoms with van der Waals surface area (Å²) < 4.78 is 21.2. The number of unbranched alkanes of at least 4 members (excludes halogenated alkanes) is 1. The number of aromatic nitrogens is 4. The summed E-state index contributed by atoms with van der Waals surface area (Å²) in [5, 5.41) is 14.5. The third-order valence-electron chi connectivity index (χ3n) is 3.94. The second-order valence-electron chi connectivity index (χ2n) is 5.64. The van der Waals surface area contributed by atoms with Gasteiger partial charge >= 0.3 is 5.97 Å². The standard InChI is InChI=1S/C16H17ClFN5O2/c1-3-4-8-25-15(24)12-9(2)19-16-20-21-22-23(16)14(12)13-10(17)6-5-7-11(13)18/h5-7,14H,3-4,8H2,1-2H3,(H,19,20,22)/t14-/m0/s1. The molecule has 0 aliphatic carbocycles. The fourth-order valence-electron chi connectivity index (χ4n) is 2.70. The molecule has 9 heteroatoms. The molecule has 1 aliphatic rings. The van der Waals surface area contributed by atoms with Gasteiger partial charge in [-0.3, -0.25) is 0 Å². The average Bonchev–Trinajstić information content (AvgIpc) is 3.02. The number of hydrogen-bond acceptors (Lipinski definition) is 6. The number of halogens is 2. The Morgan fingerprint density at radius 2 is 2.28 bits per heavy atom. The van der Waals surface area contributed by atoms with Gasteiger partial charge in [-0.2, -0.15) is 4.68 Å². The molecule has 1 aromatic heterocycles. The third-order valence-corrected chi connectivity index (χ3v) is 4.27. The van der Waals surface area contributed by atoms with Crippen molar-refractivity contribution in [1.29, 1.82) is 0 Å². The number of nitrogens with zero attached hydrogens (tertiary/aromatic N) is 4. The van der Waals surface area contributed by atoms with Gasteiger partial charge in [0.05, 0.1) is 12.2 Å². The highest BCUT2D eigenvalue weighted by atomic mass is 35.5. The van der Waals surface area contributed by atoms with E-state index in [4.69, 9.17) is 16.3 Å². The Kier molecular flexibility index (Phi) is 4.98. The molecule has 2 aromatic rings. The normalized spacial score (nSPS) is 16.4. The number of allylic oxidation sites excluding steroid dienone is 1. The largest absolute Gasteiger partial charge is 0.462 e. The van der Waals surface area contributed by atoms with Crippen molar-refractivity contribution >= 4 is 23.5 Å². The molecule has 0 bridgehead atoms. The molecule has 0 amide bonds. The number of fused-ring (bicyclic) bond motifs is 1. The molecule has 0 saturated heterocycles. The van der Waals surface area contributed by atoms with Gasteiger partial charge < -0.3 is 10.1 Å². The highest BCUT2D eigenvalue weighted by Gasteiger charge is 2.37. The minimum Gasteiger partial charge on any atom is -0.462 e. The molecule has 1 N–H and O–H groups in total. The molecule has 1 aliphatic heterocycles. The van der Waals surface area contributed by atoms with Gasteiger partial charge in [0.1, 0.15) is 11.9 Å². The van der Waals surface area contributed by atoms with Crippen LogP contribution in [0, 0.1) is 5.82 Å². The van der Waals surface area contributed by atoms with Crippen LogP contribution in [0.1, 0.15) is 38.3 Å². The van der Waals surface area contributed by atoms with Crippen LogP contribution in [-0.4, -0.2) is 32.8 Å². The second-order valence-corrected chi connectivity index (χ2v) is 6.05. The van der Waals surface area contributed by atoms with Crippen molar-refractivity contribution in [3.05, 3.63) is 45.9 Å². The van der Waals surface area contributed by atoms with Crippen LogP contribution < -0.4 is 5.32 Å². The molecule has 0 spiro atoms. The van der Waals surface area contributed by atoms with Gasteiger partial charge in [0.25, 0.3) is 0 Å². The number of hydrogen-bond donors (Lipinski definition) is 1. The molecule has 0 radical (unpaired) electrons. The Hall–Kier alpha value is -2.48. The van der Waals surface area contributed by atoms with Crippen LogP contribution in [0.25, 0.3) is 0 Å². The van der Waals surface area contributed by atoms with Crippen LogP contribution in [-0.2, 0) is 9.53 Å². The first-order valence-electron chi connectivity index (χ1n) is 7.91. The third kappa shape index (κ3) is 3.21. The molecule has 1 aromatic carbocycles. The second kappa shape index (κ2) is 7.18. The predicted octanol–water partition coefficient (Wildman–Crippen LogP) is 3.10. The van der Waals surface area contributed by atoms with Crippen LogP contribution in [0.15, 0.2) is 29.5 Å². The van der Waals surface area contributed by atoms with Gasteiger partial charge in [-0.1, -0.05) is 36.1 Å². The maximum absolute atomic E-state index is 14.5. The number of tetrazole rings is 1. The van der Waals surface area contributed by atoms with Gasteiger partial charge in [-0.25, -0.2) is 9.18 Å². The zero-order valence-electron chi connectivity index (χ0n) is 13.8. The molecule has 1 atom stereocenters. The Labute approximate surface area is 148 Å². The van der Waals surface area contributed by atoms with E-state index in [0.29, 0.717) is 11.6 Å². The minimum atomic E-state index is -0.908. The van der Waals surface area contributed by atoms with E-state index in [0.717, 1.165) is 12.8 Å². The number of esters is 1. The molecule has 3 rings (SSSR count). The van der Waals surface area contributed by atoms with E-state index in [1.807, 2.05) is 6.92 Å². The van der Waals surface area contributed by atoms with Gasteiger partial charge in [-0.05, 0) is 35.9 Å². The van der Waals surface area contributed by atoms with E-state index in [2.05, 4.69) is 20.8 Å². The van der Waals surface area contributed by atoms with E-state index in [1.54, 1.807) is 13.0 Å². The first-order chi connectivity index (χ1) is 12.0. The first kappa shape index (κ1) is 17.3. The molecule has 132 valence electrons. The summed E-state index contributed by atoms with van der Waals surface area (Å²) in [7, 11) is 0. The Balaban J connectivity index is 2.09. The summed E-state index contributed by atoms with van der Waals surface area (Å²) >= 11 is 6.22. The number of benzene rings is 1. The van der Waals surface area contributed by atoms with Crippen molar-refractivity contribution in [3.63, 3.8) is 0 Å². The average molecular weight is 366 g/mol. The summed E-state index contributed by atoms with van der Waals surface area (Å²) in [6.45, 7) is 3.97. The minimum absolute atomic E-state index is 0.126. The maximum atomic E-state index is 14.5. The zero-order chi connectivity index (χ0) is 18.0. The van der Waals surface area contributed by atoms with Crippen molar-refractivity contribution in [2.75, 3.05) is 11.9 Å². The lowest BCUT2D eigenvalue weighted by molar-refractivity contribution is -0.139. The lowest BCUT2D eigenvalue weighted by Gasteiger charge is -2.28. The summed E-state index contributed by atoms with van der Waals surface area (Å²) in [6.07, 6.45) is 1.63. The molecular formula is C16H17ClFN5O2. The number of carbonyl (C=O) groups is 1. The molecule has 7 nitrogen and oxygen atoms in total. The molecule has 0 unspecified atom stereocenters. The maximum Gasteiger partial charge on any atom is 0.338 e. The van der Waals surface area contributed by atoms with E-state index in [-0.39, 0.29) is 22.8 Å². The fourth-order valence-corrected chi connectivity index (χ4v) is 2.97. The molecule has 0 fully saturated rings. The fraction of sp³-hybridized carbons (Fsp3) is 0.375. The highest BCUT2D eigenvalue weighted by molar-refractivity contribution is 6.31. The van der Waals surface area contributed by atoms with Crippen LogP contribution in [0.3, 0.4) is 0 Å². The quantitative estimate of drug-likeness (QED) is 0.647. The van der Waals surface area contributed by atoms with E-state index >= 15 is 0 Å². The Bertz CT molecular complexity index is 815. The van der Waals surface area contributed by atoms with Crippen molar-refractivity contribution in [2.24, 2.45) is 0 Å². The summed E-state index contributed by atoms with van der Waals surface area (Å²) in [6, 6.07) is 3.43. The number of anilines is 1. The van der Waals surface area contributed by atoms with E-state index < -0.39 is 17.8 Å². The van der Waals surface area contributed by atoms with E-state index in [1.165, 1.54) is 16.8 Å². The van der Waals surface area contributed by atoms with Gasteiger partial charge in [-0.15, -0.1) is 0 Å². The molecule has 25 heavy (non-hydrogen) atoms. The number of rotatable bonds is 5. The summed E-state index contributed by atoms with van der Waals surface area (Å²) in [4.78, 5) is 12.7. The predicted molar refractivity (Wildman–Crippen MR) is 89.6 cm³/mol. The van der Waals surface area contributed by atoms with Crippen molar-refractivity contribution in [1.82, 2.24) is 20.2 Å². The zero-order valence-corrected chi connectivity index (χ0v) is 14.5. The van der Waals surface area contributed by atoms with Gasteiger partial charge in [0, 0.05) is 16.3 Å². The van der Waals surface area contributed by atoms with Crippen molar-refractivity contribution < 1.29 is 13.9 Å². The summed E-state index contributed by atoms with van der Waals surface area (Å²) in [5.41, 5.74) is 0.844. The van der Waals surface area contributed by atoms with E-state index in [9.17, 15) is 9.18 Å². The Morgan fingerprint density at radius 1 is 1.48 bits per heavy atom. The molecule has 0 saturated carbocycles. The van der Waals surface area contributed by atoms with Gasteiger partial charge in [0.15, 0.2) is 0 Å². The first-order valence-corrected chi connectivity index (χ1v) is 8.29. The van der Waals surface area contributed by atoms with Crippen LogP contribution in [0.2, 0.25) is 5.02 Å². The van der Waals surface area contributed by atoms with Crippen LogP contribution in [0.5, 0.6) is 0 Å². The monoisotopic (exact) mass is 365 g/mol. The summed E-state index contributed by atoms with van der Waals surface area (Å²) in [5.74, 6) is -0.802. The smallest absolute Gasteiger partial charge is 0.338 e. The topological polar surface area (TPSA) is 81.9 Å². The lowest BCUT2D eigenvalue weighted by Crippen LogP contribution is -2.30. The van der Waals surface area contributed by atoms with Crippen LogP contribution >= 0.6 is 11.6 Å². The lowest BCUT2D eigenvalue weighted by atomic mass is 9.95. The van der Waals surface area contributed by atoms with Crippen LogP contribution in [0.4, 0.5) is 10.3 Å². The number of ether oxygens (including phenoxy) is 1. The van der Waals surface area contributed by atoms with Crippen molar-refractivity contribution in [2.45, 2.75) is 32.7 Å².